The first-order valence-corrected chi connectivity index (χ1v) is 6.87. The van der Waals surface area contributed by atoms with Crippen LogP contribution in [-0.4, -0.2) is 28.2 Å². The summed E-state index contributed by atoms with van der Waals surface area (Å²) in [5.41, 5.74) is 7.51. The summed E-state index contributed by atoms with van der Waals surface area (Å²) < 4.78 is 0. The van der Waals surface area contributed by atoms with Crippen LogP contribution in [0.2, 0.25) is 0 Å². The van der Waals surface area contributed by atoms with Gasteiger partial charge in [0.15, 0.2) is 0 Å². The number of benzene rings is 1. The van der Waals surface area contributed by atoms with Crippen LogP contribution in [0.3, 0.4) is 0 Å². The zero-order valence-electron chi connectivity index (χ0n) is 12.1. The lowest BCUT2D eigenvalue weighted by atomic mass is 9.88. The molecule has 0 amide bonds. The third-order valence-electron chi connectivity index (χ3n) is 3.41. The van der Waals surface area contributed by atoms with Crippen LogP contribution in [-0.2, 0) is 0 Å². The number of fused-ring (bicyclic) bond motifs is 1. The topological polar surface area (TPSA) is 84.1 Å². The summed E-state index contributed by atoms with van der Waals surface area (Å²) in [5.74, 6) is 0.805. The van der Waals surface area contributed by atoms with Crippen LogP contribution in [0, 0.1) is 5.41 Å². The third-order valence-corrected chi connectivity index (χ3v) is 3.41. The number of aliphatic hydroxyl groups excluding tert-OH is 1. The Morgan fingerprint density at radius 3 is 2.85 bits per heavy atom. The molecule has 0 aliphatic carbocycles. The van der Waals surface area contributed by atoms with Crippen LogP contribution < -0.4 is 11.1 Å². The average molecular weight is 274 g/mol. The number of nitrogens with one attached hydrogen (secondary N) is 1. The summed E-state index contributed by atoms with van der Waals surface area (Å²) >= 11 is 0. The fourth-order valence-corrected chi connectivity index (χ4v) is 2.18. The van der Waals surface area contributed by atoms with Gasteiger partial charge in [0.25, 0.3) is 0 Å². The quantitative estimate of drug-likeness (QED) is 0.704. The van der Waals surface area contributed by atoms with E-state index in [4.69, 9.17) is 10.8 Å². The summed E-state index contributed by atoms with van der Waals surface area (Å²) in [6.07, 6.45) is 3.33. The van der Waals surface area contributed by atoms with E-state index in [1.165, 1.54) is 0 Å². The summed E-state index contributed by atoms with van der Waals surface area (Å²) in [5, 5.41) is 13.2. The van der Waals surface area contributed by atoms with Crippen molar-refractivity contribution in [2.75, 3.05) is 24.2 Å². The molecule has 0 spiro atoms. The molecule has 0 aliphatic rings. The number of aliphatic hydroxyl groups is 1. The Labute approximate surface area is 119 Å². The lowest BCUT2D eigenvalue weighted by Crippen LogP contribution is -2.24. The molecule has 2 rings (SSSR count). The summed E-state index contributed by atoms with van der Waals surface area (Å²) in [4.78, 5) is 8.54. The second-order valence-corrected chi connectivity index (χ2v) is 5.84. The fourth-order valence-electron chi connectivity index (χ4n) is 2.18. The molecule has 5 heteroatoms. The number of nitrogens with two attached hydrogens (primary N) is 1. The van der Waals surface area contributed by atoms with Gasteiger partial charge in [0, 0.05) is 24.2 Å². The average Bonchev–Trinajstić information content (AvgIpc) is 2.43. The number of rotatable bonds is 6. The predicted octanol–water partition coefficient (Wildman–Crippen LogP) is 2.42. The largest absolute Gasteiger partial charge is 0.399 e. The standard InChI is InChI=1S/C15H22N4O/c1-15(2,6-3-7-20)9-17-14-12-8-11(16)4-5-13(12)18-10-19-14/h4-5,8,10,20H,3,6-7,9,16H2,1-2H3,(H,17,18,19). The first kappa shape index (κ1) is 14.5. The molecular formula is C15H22N4O. The van der Waals surface area contributed by atoms with Crippen molar-refractivity contribution in [3.05, 3.63) is 24.5 Å². The lowest BCUT2D eigenvalue weighted by molar-refractivity contribution is 0.248. The molecule has 0 saturated carbocycles. The Hall–Kier alpha value is -1.88. The Morgan fingerprint density at radius 2 is 2.10 bits per heavy atom. The van der Waals surface area contributed by atoms with Crippen molar-refractivity contribution in [3.63, 3.8) is 0 Å². The highest BCUT2D eigenvalue weighted by molar-refractivity contribution is 5.91. The maximum atomic E-state index is 8.93. The normalized spacial score (nSPS) is 11.8. The van der Waals surface area contributed by atoms with Gasteiger partial charge < -0.3 is 16.2 Å². The van der Waals surface area contributed by atoms with Gasteiger partial charge >= 0.3 is 0 Å². The Bertz CT molecular complexity index is 583. The van der Waals surface area contributed by atoms with E-state index in [9.17, 15) is 0 Å². The maximum absolute atomic E-state index is 8.93. The third kappa shape index (κ3) is 3.57. The summed E-state index contributed by atoms with van der Waals surface area (Å²) in [6.45, 7) is 5.37. The minimum Gasteiger partial charge on any atom is -0.399 e. The number of aromatic nitrogens is 2. The molecule has 0 unspecified atom stereocenters. The Balaban J connectivity index is 2.15. The Kier molecular flexibility index (Phi) is 4.39. The molecule has 4 N–H and O–H groups in total. The monoisotopic (exact) mass is 274 g/mol. The Morgan fingerprint density at radius 1 is 1.30 bits per heavy atom. The molecule has 108 valence electrons. The molecule has 1 heterocycles. The van der Waals surface area contributed by atoms with E-state index in [1.54, 1.807) is 6.33 Å². The zero-order valence-corrected chi connectivity index (χ0v) is 12.1. The van der Waals surface area contributed by atoms with E-state index in [-0.39, 0.29) is 12.0 Å². The van der Waals surface area contributed by atoms with Crippen molar-refractivity contribution < 1.29 is 5.11 Å². The van der Waals surface area contributed by atoms with Crippen LogP contribution in [0.5, 0.6) is 0 Å². The molecule has 5 nitrogen and oxygen atoms in total. The van der Waals surface area contributed by atoms with Gasteiger partial charge in [-0.1, -0.05) is 13.8 Å². The van der Waals surface area contributed by atoms with Gasteiger partial charge in [-0.3, -0.25) is 0 Å². The minimum atomic E-state index is 0.0975. The molecule has 1 aromatic heterocycles. The molecule has 20 heavy (non-hydrogen) atoms. The van der Waals surface area contributed by atoms with Gasteiger partial charge in [-0.2, -0.15) is 0 Å². The van der Waals surface area contributed by atoms with Gasteiger partial charge in [0.05, 0.1) is 5.52 Å². The molecule has 0 atom stereocenters. The van der Waals surface area contributed by atoms with Crippen molar-refractivity contribution in [3.8, 4) is 0 Å². The predicted molar refractivity (Wildman–Crippen MR) is 82.5 cm³/mol. The van der Waals surface area contributed by atoms with E-state index < -0.39 is 0 Å². The van der Waals surface area contributed by atoms with Crippen LogP contribution >= 0.6 is 0 Å². The van der Waals surface area contributed by atoms with Crippen LogP contribution in [0.15, 0.2) is 24.5 Å². The van der Waals surface area contributed by atoms with Crippen molar-refractivity contribution in [1.82, 2.24) is 9.97 Å². The van der Waals surface area contributed by atoms with E-state index in [0.717, 1.165) is 36.1 Å². The highest BCUT2D eigenvalue weighted by Gasteiger charge is 2.17. The van der Waals surface area contributed by atoms with Gasteiger partial charge in [-0.05, 0) is 36.5 Å². The van der Waals surface area contributed by atoms with E-state index >= 15 is 0 Å². The molecule has 1 aromatic carbocycles. The van der Waals surface area contributed by atoms with Crippen molar-refractivity contribution in [2.45, 2.75) is 26.7 Å². The van der Waals surface area contributed by atoms with E-state index in [2.05, 4.69) is 29.1 Å². The van der Waals surface area contributed by atoms with Crippen molar-refractivity contribution in [2.24, 2.45) is 5.41 Å². The van der Waals surface area contributed by atoms with E-state index in [0.29, 0.717) is 5.69 Å². The lowest BCUT2D eigenvalue weighted by Gasteiger charge is -2.25. The number of nitrogen functional groups attached to an aromatic ring is 1. The number of anilines is 2. The second kappa shape index (κ2) is 6.05. The van der Waals surface area contributed by atoms with Crippen LogP contribution in [0.1, 0.15) is 26.7 Å². The van der Waals surface area contributed by atoms with Crippen molar-refractivity contribution >= 4 is 22.4 Å². The van der Waals surface area contributed by atoms with Crippen molar-refractivity contribution in [1.29, 1.82) is 0 Å². The first-order valence-electron chi connectivity index (χ1n) is 6.87. The van der Waals surface area contributed by atoms with Gasteiger partial charge in [-0.25, -0.2) is 9.97 Å². The highest BCUT2D eigenvalue weighted by Crippen LogP contribution is 2.25. The molecule has 0 fully saturated rings. The second-order valence-electron chi connectivity index (χ2n) is 5.84. The fraction of sp³-hybridized carbons (Fsp3) is 0.467. The van der Waals surface area contributed by atoms with Crippen LogP contribution in [0.25, 0.3) is 10.9 Å². The SMILES string of the molecule is CC(C)(CCCO)CNc1ncnc2ccc(N)cc12. The van der Waals surface area contributed by atoms with Crippen LogP contribution in [0.4, 0.5) is 11.5 Å². The van der Waals surface area contributed by atoms with Gasteiger partial charge in [0.1, 0.15) is 12.1 Å². The maximum Gasteiger partial charge on any atom is 0.137 e. The van der Waals surface area contributed by atoms with Gasteiger partial charge in [0.2, 0.25) is 0 Å². The minimum absolute atomic E-state index is 0.0975. The molecular weight excluding hydrogens is 252 g/mol. The number of hydrogen-bond donors (Lipinski definition) is 3. The summed E-state index contributed by atoms with van der Waals surface area (Å²) in [7, 11) is 0. The first-order chi connectivity index (χ1) is 9.52. The molecule has 0 saturated heterocycles. The molecule has 0 aliphatic heterocycles. The molecule has 2 aromatic rings. The molecule has 0 bridgehead atoms. The molecule has 0 radical (unpaired) electrons. The number of hydrogen-bond acceptors (Lipinski definition) is 5. The zero-order chi connectivity index (χ0) is 14.6. The summed E-state index contributed by atoms with van der Waals surface area (Å²) in [6, 6.07) is 5.62. The highest BCUT2D eigenvalue weighted by atomic mass is 16.2. The smallest absolute Gasteiger partial charge is 0.137 e. The van der Waals surface area contributed by atoms with E-state index in [1.807, 2.05) is 18.2 Å². The van der Waals surface area contributed by atoms with Gasteiger partial charge in [-0.15, -0.1) is 0 Å². The number of nitrogens with zero attached hydrogens (tertiary/aromatic N) is 2.